The highest BCUT2D eigenvalue weighted by atomic mass is 35.5. The van der Waals surface area contributed by atoms with E-state index in [1.54, 1.807) is 25.4 Å². The van der Waals surface area contributed by atoms with E-state index >= 15 is 0 Å². The second kappa shape index (κ2) is 9.32. The number of nitrogens with one attached hydrogen (secondary N) is 1. The summed E-state index contributed by atoms with van der Waals surface area (Å²) in [4.78, 5) is 6.69. The highest BCUT2D eigenvalue weighted by Crippen LogP contribution is 2.44. The zero-order valence-corrected chi connectivity index (χ0v) is 21.1. The van der Waals surface area contributed by atoms with Crippen LogP contribution in [0.25, 0.3) is 5.69 Å². The largest absolute Gasteiger partial charge is 0.495 e. The van der Waals surface area contributed by atoms with Crippen molar-refractivity contribution in [1.29, 1.82) is 0 Å². The summed E-state index contributed by atoms with van der Waals surface area (Å²) in [5.41, 5.74) is 5.53. The van der Waals surface area contributed by atoms with Crippen molar-refractivity contribution in [1.82, 2.24) is 14.9 Å². The van der Waals surface area contributed by atoms with Crippen LogP contribution in [0, 0.1) is 19.7 Å². The second-order valence-corrected chi connectivity index (χ2v) is 9.25. The van der Waals surface area contributed by atoms with Gasteiger partial charge >= 0.3 is 0 Å². The predicted octanol–water partition coefficient (Wildman–Crippen LogP) is 6.47. The lowest BCUT2D eigenvalue weighted by molar-refractivity contribution is 0.415. The summed E-state index contributed by atoms with van der Waals surface area (Å²) in [6, 6.07) is 19.8. The van der Waals surface area contributed by atoms with E-state index in [2.05, 4.69) is 25.8 Å². The topological polar surface area (TPSA) is 42.3 Å². The van der Waals surface area contributed by atoms with Crippen LogP contribution in [0.2, 0.25) is 5.02 Å². The Morgan fingerprint density at radius 3 is 2.54 bits per heavy atom. The van der Waals surface area contributed by atoms with Gasteiger partial charge in [-0.15, -0.1) is 0 Å². The molecule has 1 fully saturated rings. The summed E-state index contributed by atoms with van der Waals surface area (Å²) in [5.74, 6) is 0.316. The first-order valence-corrected chi connectivity index (χ1v) is 12.0. The van der Waals surface area contributed by atoms with Gasteiger partial charge in [0.15, 0.2) is 5.11 Å². The number of methoxy groups -OCH3 is 1. The van der Waals surface area contributed by atoms with Crippen molar-refractivity contribution in [2.75, 3.05) is 12.0 Å². The van der Waals surface area contributed by atoms with Crippen LogP contribution in [0.3, 0.4) is 0 Å². The van der Waals surface area contributed by atoms with Gasteiger partial charge in [0.2, 0.25) is 0 Å². The first-order valence-electron chi connectivity index (χ1n) is 11.2. The van der Waals surface area contributed by atoms with Crippen molar-refractivity contribution >= 4 is 34.6 Å². The fraction of sp³-hybridized carbons (Fsp3) is 0.185. The van der Waals surface area contributed by atoms with Crippen molar-refractivity contribution in [3.63, 3.8) is 0 Å². The fourth-order valence-electron chi connectivity index (χ4n) is 4.85. The van der Waals surface area contributed by atoms with E-state index in [9.17, 15) is 4.39 Å². The highest BCUT2D eigenvalue weighted by Gasteiger charge is 2.42. The van der Waals surface area contributed by atoms with E-state index in [1.165, 1.54) is 6.07 Å². The minimum Gasteiger partial charge on any atom is -0.495 e. The molecule has 5 nitrogen and oxygen atoms in total. The lowest BCUT2D eigenvalue weighted by Crippen LogP contribution is -2.29. The minimum atomic E-state index is -0.277. The number of aryl methyl sites for hydroxylation is 1. The second-order valence-electron chi connectivity index (χ2n) is 8.46. The van der Waals surface area contributed by atoms with Crippen molar-refractivity contribution in [2.45, 2.75) is 25.9 Å². The minimum absolute atomic E-state index is 0.203. The zero-order valence-electron chi connectivity index (χ0n) is 19.5. The number of ether oxygens (including phenoxy) is 1. The Morgan fingerprint density at radius 1 is 1.03 bits per heavy atom. The molecule has 0 amide bonds. The molecule has 0 unspecified atom stereocenters. The molecule has 5 rings (SSSR count). The number of pyridine rings is 1. The maximum absolute atomic E-state index is 14.1. The molecule has 35 heavy (non-hydrogen) atoms. The molecule has 0 saturated carbocycles. The smallest absolute Gasteiger partial charge is 0.174 e. The summed E-state index contributed by atoms with van der Waals surface area (Å²) < 4.78 is 21.5. The van der Waals surface area contributed by atoms with E-state index in [1.807, 2.05) is 56.3 Å². The quantitative estimate of drug-likeness (QED) is 0.314. The molecule has 8 heteroatoms. The molecular weight excluding hydrogens is 483 g/mol. The molecule has 0 aliphatic carbocycles. The average molecular weight is 507 g/mol. The van der Waals surface area contributed by atoms with Crippen LogP contribution in [-0.2, 0) is 0 Å². The SMILES string of the molecule is COc1ccc(N2C(=S)N[C@@H](c3ccccn3)[C@H]2c2cc(C)n(-c3cccc(F)c3)c2C)cc1Cl. The van der Waals surface area contributed by atoms with Crippen LogP contribution in [0.1, 0.15) is 34.7 Å². The number of rotatable bonds is 5. The van der Waals surface area contributed by atoms with Gasteiger partial charge in [-0.25, -0.2) is 4.39 Å². The highest BCUT2D eigenvalue weighted by molar-refractivity contribution is 7.80. The van der Waals surface area contributed by atoms with E-state index in [-0.39, 0.29) is 17.9 Å². The molecule has 1 aliphatic rings. The molecule has 1 N–H and O–H groups in total. The molecule has 2 atom stereocenters. The molecule has 0 spiro atoms. The first-order chi connectivity index (χ1) is 16.9. The number of benzene rings is 2. The Bertz CT molecular complexity index is 1410. The van der Waals surface area contributed by atoms with E-state index in [0.717, 1.165) is 34.0 Å². The van der Waals surface area contributed by atoms with Crippen LogP contribution >= 0.6 is 23.8 Å². The summed E-state index contributed by atoms with van der Waals surface area (Å²) in [6.07, 6.45) is 1.78. The number of halogens is 2. The normalized spacial score (nSPS) is 17.5. The molecule has 2 aromatic carbocycles. The molecule has 3 heterocycles. The lowest BCUT2D eigenvalue weighted by Gasteiger charge is -2.28. The maximum atomic E-state index is 14.1. The van der Waals surface area contributed by atoms with Gasteiger partial charge in [0, 0.05) is 29.0 Å². The van der Waals surface area contributed by atoms with Crippen LogP contribution in [0.4, 0.5) is 10.1 Å². The molecule has 4 aromatic rings. The summed E-state index contributed by atoms with van der Waals surface area (Å²) in [5, 5.41) is 4.54. The molecule has 2 aromatic heterocycles. The van der Waals surface area contributed by atoms with Crippen molar-refractivity contribution in [3.05, 3.63) is 106 Å². The van der Waals surface area contributed by atoms with Gasteiger partial charge in [-0.1, -0.05) is 23.7 Å². The molecule has 0 bridgehead atoms. The van der Waals surface area contributed by atoms with Crippen molar-refractivity contribution < 1.29 is 9.13 Å². The third kappa shape index (κ3) is 4.15. The van der Waals surface area contributed by atoms with Gasteiger partial charge in [-0.3, -0.25) is 4.98 Å². The molecule has 1 aliphatic heterocycles. The number of thiocarbonyl (C=S) groups is 1. The maximum Gasteiger partial charge on any atom is 0.174 e. The Kier molecular flexibility index (Phi) is 6.21. The van der Waals surface area contributed by atoms with Gasteiger partial charge < -0.3 is 19.5 Å². The van der Waals surface area contributed by atoms with Gasteiger partial charge in [-0.2, -0.15) is 0 Å². The first kappa shape index (κ1) is 23.3. The summed E-state index contributed by atoms with van der Waals surface area (Å²) in [7, 11) is 1.59. The third-order valence-electron chi connectivity index (χ3n) is 6.37. The van der Waals surface area contributed by atoms with Crippen molar-refractivity contribution in [2.24, 2.45) is 0 Å². The molecule has 1 saturated heterocycles. The van der Waals surface area contributed by atoms with Crippen molar-refractivity contribution in [3.8, 4) is 11.4 Å². The van der Waals surface area contributed by atoms with E-state index in [4.69, 9.17) is 28.6 Å². The molecule has 178 valence electrons. The van der Waals surface area contributed by atoms with Gasteiger partial charge in [0.25, 0.3) is 0 Å². The Morgan fingerprint density at radius 2 is 1.86 bits per heavy atom. The Labute approximate surface area is 214 Å². The fourth-order valence-corrected chi connectivity index (χ4v) is 5.45. The average Bonchev–Trinajstić information content (AvgIpc) is 3.34. The van der Waals surface area contributed by atoms with E-state index in [0.29, 0.717) is 15.9 Å². The van der Waals surface area contributed by atoms with Crippen LogP contribution in [0.5, 0.6) is 5.75 Å². The van der Waals surface area contributed by atoms with Crippen LogP contribution in [-0.4, -0.2) is 21.8 Å². The monoisotopic (exact) mass is 506 g/mol. The third-order valence-corrected chi connectivity index (χ3v) is 6.98. The predicted molar refractivity (Wildman–Crippen MR) is 141 cm³/mol. The summed E-state index contributed by atoms with van der Waals surface area (Å²) >= 11 is 12.3. The number of hydrogen-bond acceptors (Lipinski definition) is 3. The number of aromatic nitrogens is 2. The lowest BCUT2D eigenvalue weighted by atomic mass is 9.96. The van der Waals surface area contributed by atoms with Gasteiger partial charge in [0.05, 0.1) is 29.9 Å². The Balaban J connectivity index is 1.68. The molecule has 0 radical (unpaired) electrons. The van der Waals surface area contributed by atoms with Crippen LogP contribution in [0.15, 0.2) is 72.9 Å². The number of hydrogen-bond donors (Lipinski definition) is 1. The molecular formula is C27H24ClFN4OS. The van der Waals surface area contributed by atoms with Gasteiger partial charge in [-0.05, 0) is 86.2 Å². The summed E-state index contributed by atoms with van der Waals surface area (Å²) in [6.45, 7) is 4.07. The van der Waals surface area contributed by atoms with E-state index < -0.39 is 0 Å². The van der Waals surface area contributed by atoms with Crippen LogP contribution < -0.4 is 15.0 Å². The van der Waals surface area contributed by atoms with Gasteiger partial charge in [0.1, 0.15) is 11.6 Å². The Hall–Kier alpha value is -3.42. The number of anilines is 1. The standard InChI is InChI=1S/C27H24ClFN4OS/c1-16-13-21(17(2)32(16)19-8-6-7-18(29)14-19)26-25(23-9-4-5-12-30-23)31-27(35)33(26)20-10-11-24(34-3)22(28)15-20/h4-15,25-26H,1-3H3,(H,31,35)/t25-,26+/m0/s1. The zero-order chi connectivity index (χ0) is 24.7. The number of nitrogens with zero attached hydrogens (tertiary/aromatic N) is 3.